The molecule has 7 heteroatoms. The lowest BCUT2D eigenvalue weighted by atomic mass is 10.1. The van der Waals surface area contributed by atoms with Crippen LogP contribution in [-0.2, 0) is 0 Å². The van der Waals surface area contributed by atoms with Gasteiger partial charge in [0.05, 0.1) is 12.6 Å². The highest BCUT2D eigenvalue weighted by atomic mass is 127. The van der Waals surface area contributed by atoms with Crippen LogP contribution in [0.5, 0.6) is 0 Å². The zero-order chi connectivity index (χ0) is 15.8. The van der Waals surface area contributed by atoms with Crippen LogP contribution in [0.4, 0.5) is 0 Å². The summed E-state index contributed by atoms with van der Waals surface area (Å²) in [6.07, 6.45) is 5.32. The highest BCUT2D eigenvalue weighted by Gasteiger charge is 2.29. The third-order valence-electron chi connectivity index (χ3n) is 3.77. The Balaban J connectivity index is 0.00000264. The first-order chi connectivity index (χ1) is 10.6. The number of nitrogens with one attached hydrogen (secondary N) is 2. The summed E-state index contributed by atoms with van der Waals surface area (Å²) in [5, 5.41) is 16.6. The number of halogens is 1. The number of aliphatic imine (C=N–C) groups is 1. The van der Waals surface area contributed by atoms with Crippen LogP contribution < -0.4 is 10.6 Å². The molecule has 2 unspecified atom stereocenters. The van der Waals surface area contributed by atoms with Crippen molar-refractivity contribution >= 4 is 41.7 Å². The largest absolute Gasteiger partial charge is 0.387 e. The summed E-state index contributed by atoms with van der Waals surface area (Å²) in [4.78, 5) is 8.65. The van der Waals surface area contributed by atoms with Crippen molar-refractivity contribution in [3.05, 3.63) is 30.1 Å². The molecule has 1 aromatic rings. The quantitative estimate of drug-likeness (QED) is 0.353. The minimum atomic E-state index is -0.566. The summed E-state index contributed by atoms with van der Waals surface area (Å²) in [5.74, 6) is 2.00. The third-order valence-corrected chi connectivity index (χ3v) is 5.29. The summed E-state index contributed by atoms with van der Waals surface area (Å²) in [6, 6.07) is 3.65. The highest BCUT2D eigenvalue weighted by molar-refractivity contribution is 14.0. The first kappa shape index (κ1) is 20.5. The molecule has 0 saturated carbocycles. The van der Waals surface area contributed by atoms with E-state index in [1.54, 1.807) is 12.4 Å². The van der Waals surface area contributed by atoms with Crippen molar-refractivity contribution in [2.45, 2.75) is 37.5 Å². The Hall–Kier alpha value is -0.540. The van der Waals surface area contributed by atoms with Crippen LogP contribution in [0.25, 0.3) is 0 Å². The maximum Gasteiger partial charge on any atom is 0.191 e. The van der Waals surface area contributed by atoms with E-state index < -0.39 is 6.10 Å². The Kier molecular flexibility index (Phi) is 9.23. The number of hydrogen-bond donors (Lipinski definition) is 3. The van der Waals surface area contributed by atoms with Gasteiger partial charge in [0.15, 0.2) is 5.96 Å². The second-order valence-electron chi connectivity index (χ2n) is 5.77. The molecule has 2 rings (SSSR count). The Labute approximate surface area is 160 Å². The Morgan fingerprint density at radius 2 is 2.17 bits per heavy atom. The van der Waals surface area contributed by atoms with Crippen molar-refractivity contribution in [1.82, 2.24) is 15.6 Å². The molecule has 2 atom stereocenters. The van der Waals surface area contributed by atoms with Crippen molar-refractivity contribution in [3.8, 4) is 0 Å². The van der Waals surface area contributed by atoms with Gasteiger partial charge in [0.1, 0.15) is 0 Å². The minimum Gasteiger partial charge on any atom is -0.387 e. The molecule has 5 nitrogen and oxygen atoms in total. The summed E-state index contributed by atoms with van der Waals surface area (Å²) in [6.45, 7) is 6.37. The Morgan fingerprint density at radius 1 is 1.43 bits per heavy atom. The van der Waals surface area contributed by atoms with Crippen LogP contribution in [0.1, 0.15) is 38.4 Å². The maximum absolute atomic E-state index is 10.2. The first-order valence-electron chi connectivity index (χ1n) is 7.87. The molecule has 0 spiro atoms. The minimum absolute atomic E-state index is 0. The number of guanidine groups is 1. The lowest BCUT2D eigenvalue weighted by Gasteiger charge is -2.21. The molecule has 1 fully saturated rings. The summed E-state index contributed by atoms with van der Waals surface area (Å²) >= 11 is 2.01. The topological polar surface area (TPSA) is 69.5 Å². The zero-order valence-corrected chi connectivity index (χ0v) is 16.9. The van der Waals surface area contributed by atoms with Gasteiger partial charge in [0.2, 0.25) is 0 Å². The van der Waals surface area contributed by atoms with Crippen LogP contribution in [0.2, 0.25) is 0 Å². The monoisotopic (exact) mass is 450 g/mol. The fourth-order valence-electron chi connectivity index (χ4n) is 2.45. The number of nitrogens with zero attached hydrogens (tertiary/aromatic N) is 2. The van der Waals surface area contributed by atoms with Crippen LogP contribution in [0.15, 0.2) is 29.5 Å². The van der Waals surface area contributed by atoms with Gasteiger partial charge in [-0.2, -0.15) is 11.8 Å². The molecule has 0 bridgehead atoms. The number of thioether (sulfide) groups is 1. The molecular weight excluding hydrogens is 423 g/mol. The molecule has 0 aromatic carbocycles. The van der Waals surface area contributed by atoms with E-state index in [0.29, 0.717) is 6.54 Å². The lowest BCUT2D eigenvalue weighted by Crippen LogP contribution is -2.40. The van der Waals surface area contributed by atoms with Gasteiger partial charge in [-0.15, -0.1) is 24.0 Å². The Morgan fingerprint density at radius 3 is 2.78 bits per heavy atom. The van der Waals surface area contributed by atoms with Gasteiger partial charge in [0.25, 0.3) is 0 Å². The average Bonchev–Trinajstić information content (AvgIpc) is 2.98. The van der Waals surface area contributed by atoms with Crippen molar-refractivity contribution in [1.29, 1.82) is 0 Å². The van der Waals surface area contributed by atoms with Crippen LogP contribution in [-0.4, -0.2) is 46.2 Å². The van der Waals surface area contributed by atoms with Gasteiger partial charge in [0, 0.05) is 30.2 Å². The van der Waals surface area contributed by atoms with Gasteiger partial charge in [-0.25, -0.2) is 0 Å². The molecule has 0 aliphatic carbocycles. The SMILES string of the molecule is CCNC(=NCC1(C)CCCS1)NCC(O)c1ccncc1.I. The van der Waals surface area contributed by atoms with Gasteiger partial charge >= 0.3 is 0 Å². The average molecular weight is 450 g/mol. The van der Waals surface area contributed by atoms with E-state index in [4.69, 9.17) is 0 Å². The molecule has 23 heavy (non-hydrogen) atoms. The van der Waals surface area contributed by atoms with E-state index in [2.05, 4.69) is 27.5 Å². The van der Waals surface area contributed by atoms with Crippen LogP contribution in [0.3, 0.4) is 0 Å². The van der Waals surface area contributed by atoms with Gasteiger partial charge in [-0.3, -0.25) is 9.98 Å². The molecule has 2 heterocycles. The second kappa shape index (κ2) is 10.4. The van der Waals surface area contributed by atoms with Crippen molar-refractivity contribution in [2.24, 2.45) is 4.99 Å². The Bertz CT molecular complexity index is 480. The first-order valence-corrected chi connectivity index (χ1v) is 8.86. The summed E-state index contributed by atoms with van der Waals surface area (Å²) in [5.41, 5.74) is 0.858. The molecule has 0 radical (unpaired) electrons. The van der Waals surface area contributed by atoms with Gasteiger partial charge in [-0.1, -0.05) is 0 Å². The molecule has 1 saturated heterocycles. The van der Waals surface area contributed by atoms with E-state index in [0.717, 1.165) is 24.6 Å². The number of aliphatic hydroxyl groups is 1. The molecule has 1 aliphatic heterocycles. The van der Waals surface area contributed by atoms with Crippen LogP contribution in [0, 0.1) is 0 Å². The number of rotatable bonds is 6. The maximum atomic E-state index is 10.2. The molecule has 1 aliphatic rings. The van der Waals surface area contributed by atoms with Crippen LogP contribution >= 0.6 is 35.7 Å². The molecule has 3 N–H and O–H groups in total. The summed E-state index contributed by atoms with van der Waals surface area (Å²) < 4.78 is 0.256. The predicted octanol–water partition coefficient (Wildman–Crippen LogP) is 2.57. The van der Waals surface area contributed by atoms with E-state index >= 15 is 0 Å². The van der Waals surface area contributed by atoms with Crippen molar-refractivity contribution in [2.75, 3.05) is 25.4 Å². The van der Waals surface area contributed by atoms with E-state index in [1.165, 1.54) is 18.6 Å². The third kappa shape index (κ3) is 6.84. The van der Waals surface area contributed by atoms with E-state index in [1.807, 2.05) is 30.8 Å². The number of pyridine rings is 1. The standard InChI is InChI=1S/C16H26N4OS.HI/c1-3-18-15(20-12-16(2)7-4-10-22-16)19-11-14(21)13-5-8-17-9-6-13;/h5-6,8-9,14,21H,3-4,7,10-12H2,1-2H3,(H2,18,19,20);1H. The fraction of sp³-hybridized carbons (Fsp3) is 0.625. The van der Waals surface area contributed by atoms with Gasteiger partial charge in [-0.05, 0) is 50.1 Å². The van der Waals surface area contributed by atoms with E-state index in [9.17, 15) is 5.11 Å². The fourth-order valence-corrected chi connectivity index (χ4v) is 3.67. The molecule has 0 amide bonds. The molecule has 130 valence electrons. The predicted molar refractivity (Wildman–Crippen MR) is 109 cm³/mol. The highest BCUT2D eigenvalue weighted by Crippen LogP contribution is 2.37. The van der Waals surface area contributed by atoms with E-state index in [-0.39, 0.29) is 28.7 Å². The lowest BCUT2D eigenvalue weighted by molar-refractivity contribution is 0.180. The van der Waals surface area contributed by atoms with Gasteiger partial charge < -0.3 is 15.7 Å². The molecule has 1 aromatic heterocycles. The zero-order valence-electron chi connectivity index (χ0n) is 13.8. The van der Waals surface area contributed by atoms with Crippen molar-refractivity contribution in [3.63, 3.8) is 0 Å². The number of aliphatic hydroxyl groups excluding tert-OH is 1. The second-order valence-corrected chi connectivity index (χ2v) is 7.46. The molecular formula is C16H27IN4OS. The summed E-state index contributed by atoms with van der Waals surface area (Å²) in [7, 11) is 0. The number of hydrogen-bond acceptors (Lipinski definition) is 4. The number of aromatic nitrogens is 1. The smallest absolute Gasteiger partial charge is 0.191 e. The van der Waals surface area contributed by atoms with Crippen molar-refractivity contribution < 1.29 is 5.11 Å². The normalized spacial score (nSPS) is 22.3.